The van der Waals surface area contributed by atoms with Crippen LogP contribution in [0.4, 0.5) is 8.78 Å². The second-order valence-electron chi connectivity index (χ2n) is 1.84. The molecule has 0 N–H and O–H groups in total. The van der Waals surface area contributed by atoms with Crippen molar-refractivity contribution in [3.8, 4) is 0 Å². The molecule has 3 heteroatoms. The highest BCUT2D eigenvalue weighted by atomic mass is 19.3. The van der Waals surface area contributed by atoms with Gasteiger partial charge in [-0.3, -0.25) is 0 Å². The van der Waals surface area contributed by atoms with Gasteiger partial charge in [-0.25, -0.2) is 0 Å². The molecule has 0 heterocycles. The lowest BCUT2D eigenvalue weighted by Crippen LogP contribution is -2.14. The van der Waals surface area contributed by atoms with Crippen LogP contribution in [0.5, 0.6) is 0 Å². The Hall–Kier alpha value is -0.180. The van der Waals surface area contributed by atoms with Crippen LogP contribution in [0.15, 0.2) is 0 Å². The van der Waals surface area contributed by atoms with Crippen LogP contribution >= 0.6 is 0 Å². The van der Waals surface area contributed by atoms with Crippen LogP contribution in [0.1, 0.15) is 12.8 Å². The lowest BCUT2D eigenvalue weighted by atomic mass is 10.4. The molecular weight excluding hydrogens is 102 g/mol. The molecule has 0 aromatic carbocycles. The molecular formula is C4H5F2O. The zero-order valence-corrected chi connectivity index (χ0v) is 3.66. The molecule has 0 atom stereocenters. The molecule has 1 fully saturated rings. The predicted molar refractivity (Wildman–Crippen MR) is 18.4 cm³/mol. The maximum Gasteiger partial charge on any atom is 0.384 e. The summed E-state index contributed by atoms with van der Waals surface area (Å²) < 4.78 is 22.7. The van der Waals surface area contributed by atoms with Gasteiger partial charge in [0.05, 0.1) is 5.92 Å². The van der Waals surface area contributed by atoms with Crippen LogP contribution in [0, 0.1) is 5.92 Å². The van der Waals surface area contributed by atoms with Crippen molar-refractivity contribution in [3.63, 3.8) is 0 Å². The Morgan fingerprint density at radius 2 is 1.86 bits per heavy atom. The highest BCUT2D eigenvalue weighted by Gasteiger charge is 2.46. The number of rotatable bonds is 1. The Labute approximate surface area is 40.0 Å². The van der Waals surface area contributed by atoms with Gasteiger partial charge in [0.2, 0.25) is 0 Å². The summed E-state index contributed by atoms with van der Waals surface area (Å²) in [5, 5.41) is 9.53. The quantitative estimate of drug-likeness (QED) is 0.483. The van der Waals surface area contributed by atoms with Gasteiger partial charge in [-0.1, -0.05) is 0 Å². The lowest BCUT2D eigenvalue weighted by molar-refractivity contribution is -0.255. The van der Waals surface area contributed by atoms with E-state index in [4.69, 9.17) is 0 Å². The molecule has 0 aromatic rings. The van der Waals surface area contributed by atoms with Crippen LogP contribution < -0.4 is 0 Å². The van der Waals surface area contributed by atoms with Crippen molar-refractivity contribution in [1.82, 2.24) is 0 Å². The highest BCUT2D eigenvalue weighted by molar-refractivity contribution is 4.79. The van der Waals surface area contributed by atoms with Crippen LogP contribution in [-0.4, -0.2) is 6.11 Å². The molecule has 41 valence electrons. The third-order valence-corrected chi connectivity index (χ3v) is 1.05. The fourth-order valence-electron chi connectivity index (χ4n) is 0.419. The van der Waals surface area contributed by atoms with Crippen molar-refractivity contribution in [1.29, 1.82) is 0 Å². The second kappa shape index (κ2) is 1.15. The first kappa shape index (κ1) is 4.97. The fourth-order valence-corrected chi connectivity index (χ4v) is 0.419. The molecule has 0 amide bonds. The standard InChI is InChI=1S/C4H5F2O/c5-4(6,7)3-1-2-3/h3H,1-2H2. The van der Waals surface area contributed by atoms with Crippen molar-refractivity contribution < 1.29 is 13.9 Å². The molecule has 0 spiro atoms. The zero-order valence-electron chi connectivity index (χ0n) is 3.66. The first-order chi connectivity index (χ1) is 3.11. The normalized spacial score (nSPS) is 22.7. The average molecular weight is 107 g/mol. The SMILES string of the molecule is [O]C(F)(F)C1CC1. The van der Waals surface area contributed by atoms with Gasteiger partial charge in [0.15, 0.2) is 0 Å². The van der Waals surface area contributed by atoms with E-state index in [9.17, 15) is 13.9 Å². The van der Waals surface area contributed by atoms with Gasteiger partial charge in [-0.2, -0.15) is 13.9 Å². The largest absolute Gasteiger partial charge is 0.384 e. The predicted octanol–water partition coefficient (Wildman–Crippen LogP) is 1.42. The molecule has 1 rings (SSSR count). The summed E-state index contributed by atoms with van der Waals surface area (Å²) in [5.41, 5.74) is 0. The van der Waals surface area contributed by atoms with Gasteiger partial charge < -0.3 is 0 Å². The Balaban J connectivity index is 2.36. The molecule has 0 unspecified atom stereocenters. The summed E-state index contributed by atoms with van der Waals surface area (Å²) in [5.74, 6) is -0.840. The minimum absolute atomic E-state index is 0.413. The molecule has 0 aromatic heterocycles. The Bertz CT molecular complexity index is 72.2. The Morgan fingerprint density at radius 1 is 1.43 bits per heavy atom. The van der Waals surface area contributed by atoms with Crippen molar-refractivity contribution in [3.05, 3.63) is 0 Å². The third kappa shape index (κ3) is 1.09. The lowest BCUT2D eigenvalue weighted by Gasteiger charge is -1.99. The van der Waals surface area contributed by atoms with Crippen LogP contribution in [0.2, 0.25) is 0 Å². The van der Waals surface area contributed by atoms with Gasteiger partial charge in [0, 0.05) is 0 Å². The van der Waals surface area contributed by atoms with Crippen LogP contribution in [-0.2, 0) is 5.11 Å². The maximum absolute atomic E-state index is 11.4. The summed E-state index contributed by atoms with van der Waals surface area (Å²) in [7, 11) is 0. The van der Waals surface area contributed by atoms with E-state index in [1.54, 1.807) is 0 Å². The van der Waals surface area contributed by atoms with Crippen molar-refractivity contribution in [2.24, 2.45) is 5.92 Å². The van der Waals surface area contributed by atoms with Crippen molar-refractivity contribution in [2.45, 2.75) is 19.0 Å². The number of halogens is 2. The Kier molecular flexibility index (Phi) is 0.819. The van der Waals surface area contributed by atoms with Gasteiger partial charge in [-0.15, -0.1) is 0 Å². The van der Waals surface area contributed by atoms with E-state index in [-0.39, 0.29) is 0 Å². The van der Waals surface area contributed by atoms with E-state index in [0.29, 0.717) is 12.8 Å². The van der Waals surface area contributed by atoms with Gasteiger partial charge in [0.1, 0.15) is 0 Å². The first-order valence-corrected chi connectivity index (χ1v) is 2.19. The summed E-state index contributed by atoms with van der Waals surface area (Å²) in [4.78, 5) is 0. The highest BCUT2D eigenvalue weighted by Crippen LogP contribution is 2.41. The van der Waals surface area contributed by atoms with Gasteiger partial charge >= 0.3 is 6.11 Å². The van der Waals surface area contributed by atoms with E-state index in [2.05, 4.69) is 0 Å². The van der Waals surface area contributed by atoms with Crippen LogP contribution in [0.25, 0.3) is 0 Å². The molecule has 0 aliphatic heterocycles. The topological polar surface area (TPSA) is 19.9 Å². The number of hydrogen-bond acceptors (Lipinski definition) is 0. The minimum Gasteiger partial charge on any atom is -0.173 e. The molecule has 0 saturated heterocycles. The molecule has 1 radical (unpaired) electrons. The number of hydrogen-bond donors (Lipinski definition) is 0. The van der Waals surface area contributed by atoms with E-state index < -0.39 is 12.0 Å². The minimum atomic E-state index is -3.64. The second-order valence-corrected chi connectivity index (χ2v) is 1.84. The summed E-state index contributed by atoms with van der Waals surface area (Å²) in [6.45, 7) is 0. The van der Waals surface area contributed by atoms with Crippen molar-refractivity contribution >= 4 is 0 Å². The third-order valence-electron chi connectivity index (χ3n) is 1.05. The summed E-state index contributed by atoms with van der Waals surface area (Å²) in [6.07, 6.45) is -2.81. The molecule has 7 heavy (non-hydrogen) atoms. The molecule has 1 aliphatic rings. The number of alkyl halides is 2. The molecule has 0 bridgehead atoms. The zero-order chi connectivity index (χ0) is 5.49. The average Bonchev–Trinajstić information content (AvgIpc) is 1.99. The van der Waals surface area contributed by atoms with Crippen molar-refractivity contribution in [2.75, 3.05) is 0 Å². The van der Waals surface area contributed by atoms with Gasteiger partial charge in [0.25, 0.3) is 0 Å². The molecule has 1 saturated carbocycles. The van der Waals surface area contributed by atoms with E-state index in [1.165, 1.54) is 0 Å². The van der Waals surface area contributed by atoms with Crippen LogP contribution in [0.3, 0.4) is 0 Å². The smallest absolute Gasteiger partial charge is 0.173 e. The van der Waals surface area contributed by atoms with Gasteiger partial charge in [-0.05, 0) is 12.8 Å². The summed E-state index contributed by atoms with van der Waals surface area (Å²) >= 11 is 0. The fraction of sp³-hybridized carbons (Fsp3) is 1.00. The summed E-state index contributed by atoms with van der Waals surface area (Å²) in [6, 6.07) is 0. The van der Waals surface area contributed by atoms with E-state index in [0.717, 1.165) is 0 Å². The molecule has 1 nitrogen and oxygen atoms in total. The van der Waals surface area contributed by atoms with E-state index >= 15 is 0 Å². The first-order valence-electron chi connectivity index (χ1n) is 2.19. The van der Waals surface area contributed by atoms with E-state index in [1.807, 2.05) is 0 Å². The molecule has 1 aliphatic carbocycles. The monoisotopic (exact) mass is 107 g/mol. The maximum atomic E-state index is 11.4. The Morgan fingerprint density at radius 3 is 1.86 bits per heavy atom.